The van der Waals surface area contributed by atoms with Gasteiger partial charge in [0.25, 0.3) is 5.91 Å². The van der Waals surface area contributed by atoms with E-state index in [0.717, 1.165) is 19.4 Å². The molecule has 1 aromatic heterocycles. The van der Waals surface area contributed by atoms with Crippen LogP contribution in [0.15, 0.2) is 42.9 Å². The molecule has 1 aliphatic heterocycles. The lowest BCUT2D eigenvalue weighted by Gasteiger charge is -2.39. The second-order valence-corrected chi connectivity index (χ2v) is 6.09. The predicted molar refractivity (Wildman–Crippen MR) is 90.8 cm³/mol. The number of nitrogens with two attached hydrogens (primary N) is 1. The number of benzene rings is 1. The first kappa shape index (κ1) is 16.4. The molecule has 0 aliphatic carbocycles. The molecule has 2 atom stereocenters. The van der Waals surface area contributed by atoms with Gasteiger partial charge in [0.1, 0.15) is 5.75 Å². The van der Waals surface area contributed by atoms with Crippen molar-refractivity contribution in [3.05, 3.63) is 48.4 Å². The Hall–Kier alpha value is -2.47. The Balaban J connectivity index is 1.79. The van der Waals surface area contributed by atoms with Crippen LogP contribution >= 0.6 is 0 Å². The monoisotopic (exact) mass is 326 g/mol. The first-order chi connectivity index (χ1) is 11.7. The van der Waals surface area contributed by atoms with Crippen LogP contribution in [0.2, 0.25) is 0 Å². The van der Waals surface area contributed by atoms with Gasteiger partial charge < -0.3 is 15.4 Å². The normalized spacial score (nSPS) is 20.7. The van der Waals surface area contributed by atoms with E-state index >= 15 is 0 Å². The zero-order valence-corrected chi connectivity index (χ0v) is 13.8. The highest BCUT2D eigenvalue weighted by Gasteiger charge is 2.31. The summed E-state index contributed by atoms with van der Waals surface area (Å²) in [4.78, 5) is 22.8. The molecule has 2 N–H and O–H groups in total. The number of ether oxygens (including phenoxy) is 1. The highest BCUT2D eigenvalue weighted by Crippen LogP contribution is 2.26. The lowest BCUT2D eigenvalue weighted by molar-refractivity contribution is 0.0532. The summed E-state index contributed by atoms with van der Waals surface area (Å²) >= 11 is 0. The average molecular weight is 326 g/mol. The number of aromatic nitrogens is 2. The van der Waals surface area contributed by atoms with Crippen molar-refractivity contribution >= 4 is 5.91 Å². The number of likely N-dealkylation sites (tertiary alicyclic amines) is 1. The molecule has 0 unspecified atom stereocenters. The molecule has 1 aromatic carbocycles. The molecule has 6 heteroatoms. The average Bonchev–Trinajstić information content (AvgIpc) is 2.62. The van der Waals surface area contributed by atoms with Gasteiger partial charge in [-0.2, -0.15) is 0 Å². The van der Waals surface area contributed by atoms with Crippen molar-refractivity contribution in [2.24, 2.45) is 11.7 Å². The van der Waals surface area contributed by atoms with Crippen LogP contribution in [-0.2, 0) is 0 Å². The first-order valence-corrected chi connectivity index (χ1v) is 8.24. The highest BCUT2D eigenvalue weighted by molar-refractivity contribution is 5.95. The maximum Gasteiger partial charge on any atom is 0.254 e. The van der Waals surface area contributed by atoms with Crippen molar-refractivity contribution in [2.75, 3.05) is 13.1 Å². The Bertz CT molecular complexity index is 692. The number of carbonyl (C=O) groups excluding carboxylic acids is 1. The Morgan fingerprint density at radius 1 is 1.42 bits per heavy atom. The molecule has 0 radical (unpaired) electrons. The largest absolute Gasteiger partial charge is 0.437 e. The lowest BCUT2D eigenvalue weighted by Crippen LogP contribution is -2.51. The summed E-state index contributed by atoms with van der Waals surface area (Å²) in [5, 5.41) is 0. The van der Waals surface area contributed by atoms with E-state index in [4.69, 9.17) is 10.5 Å². The van der Waals surface area contributed by atoms with Gasteiger partial charge in [0, 0.05) is 37.1 Å². The van der Waals surface area contributed by atoms with Gasteiger partial charge >= 0.3 is 0 Å². The number of hydrogen-bond acceptors (Lipinski definition) is 5. The Morgan fingerprint density at radius 3 is 3.04 bits per heavy atom. The van der Waals surface area contributed by atoms with Gasteiger partial charge in [-0.1, -0.05) is 13.0 Å². The third-order valence-corrected chi connectivity index (χ3v) is 4.46. The molecule has 2 heterocycles. The molecule has 1 fully saturated rings. The van der Waals surface area contributed by atoms with Gasteiger partial charge in [0.2, 0.25) is 5.88 Å². The quantitative estimate of drug-likeness (QED) is 0.933. The zero-order valence-electron chi connectivity index (χ0n) is 13.8. The van der Waals surface area contributed by atoms with E-state index in [9.17, 15) is 4.79 Å². The van der Waals surface area contributed by atoms with Gasteiger partial charge in [-0.05, 0) is 37.0 Å². The van der Waals surface area contributed by atoms with Crippen molar-refractivity contribution < 1.29 is 9.53 Å². The van der Waals surface area contributed by atoms with E-state index in [0.29, 0.717) is 29.7 Å². The lowest BCUT2D eigenvalue weighted by atomic mass is 9.90. The molecule has 24 heavy (non-hydrogen) atoms. The number of hydrogen-bond donors (Lipinski definition) is 1. The summed E-state index contributed by atoms with van der Waals surface area (Å²) in [6, 6.07) is 7.24. The SMILES string of the molecule is C[C@@H]1CCCN(C(=O)c2cccc(Oc3cnccn3)c2)[C@H]1CN. The number of nitrogens with zero attached hydrogens (tertiary/aromatic N) is 3. The van der Waals surface area contributed by atoms with Crippen molar-refractivity contribution in [1.82, 2.24) is 14.9 Å². The Morgan fingerprint density at radius 2 is 2.29 bits per heavy atom. The van der Waals surface area contributed by atoms with Gasteiger partial charge in [0.15, 0.2) is 0 Å². The second-order valence-electron chi connectivity index (χ2n) is 6.09. The molecular formula is C18H22N4O2. The molecular weight excluding hydrogens is 304 g/mol. The molecule has 0 spiro atoms. The zero-order chi connectivity index (χ0) is 16.9. The molecule has 1 amide bonds. The van der Waals surface area contributed by atoms with Crippen LogP contribution in [0, 0.1) is 5.92 Å². The van der Waals surface area contributed by atoms with E-state index in [1.807, 2.05) is 11.0 Å². The van der Waals surface area contributed by atoms with E-state index in [1.165, 1.54) is 6.20 Å². The van der Waals surface area contributed by atoms with Crippen LogP contribution in [0.4, 0.5) is 0 Å². The number of carbonyl (C=O) groups is 1. The summed E-state index contributed by atoms with van der Waals surface area (Å²) in [5.74, 6) is 1.39. The van der Waals surface area contributed by atoms with E-state index in [1.54, 1.807) is 30.6 Å². The maximum atomic E-state index is 12.9. The van der Waals surface area contributed by atoms with Crippen LogP contribution in [0.25, 0.3) is 0 Å². The third kappa shape index (κ3) is 3.54. The summed E-state index contributed by atoms with van der Waals surface area (Å²) in [6.45, 7) is 3.40. The summed E-state index contributed by atoms with van der Waals surface area (Å²) in [6.07, 6.45) is 6.80. The number of piperidine rings is 1. The standard InChI is InChI=1S/C18H22N4O2/c1-13-4-3-9-22(16(13)11-19)18(23)14-5-2-6-15(10-14)24-17-12-20-7-8-21-17/h2,5-8,10,12-13,16H,3-4,9,11,19H2,1H3/t13-,16+/m1/s1. The molecule has 3 rings (SSSR count). The first-order valence-electron chi connectivity index (χ1n) is 8.24. The van der Waals surface area contributed by atoms with Gasteiger partial charge in [-0.25, -0.2) is 4.98 Å². The fourth-order valence-corrected chi connectivity index (χ4v) is 3.18. The van der Waals surface area contributed by atoms with Gasteiger partial charge in [-0.3, -0.25) is 9.78 Å². The van der Waals surface area contributed by atoms with E-state index in [2.05, 4.69) is 16.9 Å². The molecule has 0 bridgehead atoms. The van der Waals surface area contributed by atoms with E-state index < -0.39 is 0 Å². The minimum absolute atomic E-state index is 0.00148. The second kappa shape index (κ2) is 7.40. The summed E-state index contributed by atoms with van der Waals surface area (Å²) in [5.41, 5.74) is 6.50. The number of rotatable bonds is 4. The van der Waals surface area contributed by atoms with Crippen LogP contribution < -0.4 is 10.5 Å². The summed E-state index contributed by atoms with van der Waals surface area (Å²) in [7, 11) is 0. The Kier molecular flexibility index (Phi) is 5.05. The minimum atomic E-state index is 0.00148. The van der Waals surface area contributed by atoms with Gasteiger partial charge in [-0.15, -0.1) is 0 Å². The predicted octanol–water partition coefficient (Wildman–Crippen LogP) is 2.47. The van der Waals surface area contributed by atoms with E-state index in [-0.39, 0.29) is 11.9 Å². The van der Waals surface area contributed by atoms with Crippen molar-refractivity contribution in [3.63, 3.8) is 0 Å². The van der Waals surface area contributed by atoms with Crippen molar-refractivity contribution in [1.29, 1.82) is 0 Å². The Labute approximate surface area is 141 Å². The smallest absolute Gasteiger partial charge is 0.254 e. The van der Waals surface area contributed by atoms with Crippen molar-refractivity contribution in [3.8, 4) is 11.6 Å². The van der Waals surface area contributed by atoms with Crippen LogP contribution in [-0.4, -0.2) is 39.9 Å². The molecule has 1 saturated heterocycles. The topological polar surface area (TPSA) is 81.3 Å². The van der Waals surface area contributed by atoms with Crippen molar-refractivity contribution in [2.45, 2.75) is 25.8 Å². The third-order valence-electron chi connectivity index (χ3n) is 4.46. The fourth-order valence-electron chi connectivity index (χ4n) is 3.18. The molecule has 6 nitrogen and oxygen atoms in total. The number of amides is 1. The van der Waals surface area contributed by atoms with Crippen LogP contribution in [0.3, 0.4) is 0 Å². The van der Waals surface area contributed by atoms with Crippen LogP contribution in [0.5, 0.6) is 11.6 Å². The fraction of sp³-hybridized carbons (Fsp3) is 0.389. The summed E-state index contributed by atoms with van der Waals surface area (Å²) < 4.78 is 5.66. The molecule has 1 aliphatic rings. The molecule has 126 valence electrons. The van der Waals surface area contributed by atoms with Gasteiger partial charge in [0.05, 0.1) is 6.20 Å². The molecule has 2 aromatic rings. The van der Waals surface area contributed by atoms with Crippen LogP contribution in [0.1, 0.15) is 30.1 Å². The minimum Gasteiger partial charge on any atom is -0.437 e. The maximum absolute atomic E-state index is 12.9. The molecule has 0 saturated carbocycles. The highest BCUT2D eigenvalue weighted by atomic mass is 16.5.